The molecule has 0 atom stereocenters. The summed E-state index contributed by atoms with van der Waals surface area (Å²) in [7, 11) is 0. The zero-order valence-electron chi connectivity index (χ0n) is 11.2. The average Bonchev–Trinajstić information content (AvgIpc) is 2.64. The number of halogens is 1. The highest BCUT2D eigenvalue weighted by Gasteiger charge is 2.15. The van der Waals surface area contributed by atoms with Gasteiger partial charge in [0.25, 0.3) is 0 Å². The molecule has 0 amide bonds. The topological polar surface area (TPSA) is 43.8 Å². The molecule has 1 heterocycles. The van der Waals surface area contributed by atoms with E-state index in [0.717, 1.165) is 29.1 Å². The molecule has 3 nitrogen and oxygen atoms in total. The first-order chi connectivity index (χ1) is 8.95. The van der Waals surface area contributed by atoms with Gasteiger partial charge in [0, 0.05) is 16.3 Å². The number of nitrogens with two attached hydrogens (primary N) is 1. The van der Waals surface area contributed by atoms with Gasteiger partial charge in [-0.15, -0.1) is 0 Å². The van der Waals surface area contributed by atoms with Gasteiger partial charge >= 0.3 is 0 Å². The molecule has 0 fully saturated rings. The van der Waals surface area contributed by atoms with Crippen LogP contribution in [0.5, 0.6) is 0 Å². The first-order valence-corrected chi connectivity index (χ1v) is 6.89. The fraction of sp³-hybridized carbons (Fsp3) is 0.286. The standard InChI is InChI=1S/C14H16ClN3S/c1-4-11-8(2)17-18(9(11)3)13-6-5-10(15)7-12(13)14(16)19/h5-7H,4H2,1-3H3,(H2,16,19). The summed E-state index contributed by atoms with van der Waals surface area (Å²) in [4.78, 5) is 0.322. The maximum Gasteiger partial charge on any atom is 0.106 e. The highest BCUT2D eigenvalue weighted by molar-refractivity contribution is 7.80. The van der Waals surface area contributed by atoms with Gasteiger partial charge in [0.1, 0.15) is 4.99 Å². The summed E-state index contributed by atoms with van der Waals surface area (Å²) in [6.45, 7) is 6.19. The minimum Gasteiger partial charge on any atom is -0.389 e. The second kappa shape index (κ2) is 5.31. The summed E-state index contributed by atoms with van der Waals surface area (Å²) in [5.41, 5.74) is 10.8. The van der Waals surface area contributed by atoms with Crippen molar-refractivity contribution < 1.29 is 0 Å². The Morgan fingerprint density at radius 1 is 1.42 bits per heavy atom. The minimum absolute atomic E-state index is 0.322. The predicted molar refractivity (Wildman–Crippen MR) is 83.3 cm³/mol. The van der Waals surface area contributed by atoms with Crippen LogP contribution in [0, 0.1) is 13.8 Å². The summed E-state index contributed by atoms with van der Waals surface area (Å²) >= 11 is 11.1. The van der Waals surface area contributed by atoms with E-state index in [2.05, 4.69) is 18.9 Å². The van der Waals surface area contributed by atoms with E-state index in [4.69, 9.17) is 29.6 Å². The molecule has 0 aliphatic carbocycles. The van der Waals surface area contributed by atoms with E-state index in [1.165, 1.54) is 5.56 Å². The number of aromatic nitrogens is 2. The van der Waals surface area contributed by atoms with Crippen molar-refractivity contribution in [1.82, 2.24) is 9.78 Å². The quantitative estimate of drug-likeness (QED) is 0.883. The molecule has 0 bridgehead atoms. The van der Waals surface area contributed by atoms with Crippen LogP contribution in [0.2, 0.25) is 5.02 Å². The van der Waals surface area contributed by atoms with Crippen LogP contribution >= 0.6 is 23.8 Å². The lowest BCUT2D eigenvalue weighted by Crippen LogP contribution is -2.14. The third-order valence-electron chi connectivity index (χ3n) is 3.25. The highest BCUT2D eigenvalue weighted by Crippen LogP contribution is 2.23. The zero-order chi connectivity index (χ0) is 14.2. The van der Waals surface area contributed by atoms with E-state index in [0.29, 0.717) is 10.0 Å². The second-order valence-electron chi connectivity index (χ2n) is 4.44. The van der Waals surface area contributed by atoms with Gasteiger partial charge in [-0.1, -0.05) is 30.7 Å². The van der Waals surface area contributed by atoms with Crippen molar-refractivity contribution >= 4 is 28.8 Å². The van der Waals surface area contributed by atoms with Gasteiger partial charge in [-0.05, 0) is 44.0 Å². The van der Waals surface area contributed by atoms with Crippen LogP contribution in [0.15, 0.2) is 18.2 Å². The smallest absolute Gasteiger partial charge is 0.106 e. The maximum absolute atomic E-state index is 6.01. The fourth-order valence-electron chi connectivity index (χ4n) is 2.31. The van der Waals surface area contributed by atoms with Crippen molar-refractivity contribution in [2.45, 2.75) is 27.2 Å². The number of benzene rings is 1. The van der Waals surface area contributed by atoms with Crippen molar-refractivity contribution in [3.8, 4) is 5.69 Å². The molecule has 1 aromatic heterocycles. The molecule has 0 radical (unpaired) electrons. The SMILES string of the molecule is CCc1c(C)nn(-c2ccc(Cl)cc2C(N)=S)c1C. The molecule has 5 heteroatoms. The molecule has 0 aliphatic rings. The first-order valence-electron chi connectivity index (χ1n) is 6.10. The molecule has 2 aromatic rings. The molecule has 0 aliphatic heterocycles. The summed E-state index contributed by atoms with van der Waals surface area (Å²) in [6, 6.07) is 5.50. The predicted octanol–water partition coefficient (Wildman–Crippen LogP) is 3.34. The second-order valence-corrected chi connectivity index (χ2v) is 5.32. The molecular weight excluding hydrogens is 278 g/mol. The summed E-state index contributed by atoms with van der Waals surface area (Å²) in [5.74, 6) is 0. The van der Waals surface area contributed by atoms with E-state index in [1.54, 1.807) is 6.07 Å². The summed E-state index contributed by atoms with van der Waals surface area (Å²) in [5, 5.41) is 5.20. The molecule has 2 N–H and O–H groups in total. The molecule has 100 valence electrons. The van der Waals surface area contributed by atoms with E-state index in [-0.39, 0.29) is 0 Å². The Morgan fingerprint density at radius 3 is 2.63 bits per heavy atom. The molecule has 0 saturated heterocycles. The number of rotatable bonds is 3. The van der Waals surface area contributed by atoms with Crippen LogP contribution in [-0.2, 0) is 6.42 Å². The third kappa shape index (κ3) is 2.51. The van der Waals surface area contributed by atoms with E-state index < -0.39 is 0 Å². The lowest BCUT2D eigenvalue weighted by atomic mass is 10.1. The Labute approximate surface area is 123 Å². The Morgan fingerprint density at radius 2 is 2.11 bits per heavy atom. The van der Waals surface area contributed by atoms with Crippen LogP contribution in [0.25, 0.3) is 5.69 Å². The van der Waals surface area contributed by atoms with Crippen molar-refractivity contribution in [3.05, 3.63) is 45.7 Å². The molecule has 19 heavy (non-hydrogen) atoms. The zero-order valence-corrected chi connectivity index (χ0v) is 12.8. The van der Waals surface area contributed by atoms with Crippen LogP contribution < -0.4 is 5.73 Å². The normalized spacial score (nSPS) is 10.7. The number of nitrogens with zero attached hydrogens (tertiary/aromatic N) is 2. The van der Waals surface area contributed by atoms with Crippen molar-refractivity contribution in [3.63, 3.8) is 0 Å². The lowest BCUT2D eigenvalue weighted by molar-refractivity contribution is 0.831. The van der Waals surface area contributed by atoms with E-state index in [1.807, 2.05) is 23.7 Å². The first kappa shape index (κ1) is 14.0. The van der Waals surface area contributed by atoms with Gasteiger partial charge in [-0.2, -0.15) is 5.10 Å². The van der Waals surface area contributed by atoms with Gasteiger partial charge in [0.15, 0.2) is 0 Å². The van der Waals surface area contributed by atoms with Crippen LogP contribution in [0.4, 0.5) is 0 Å². The Kier molecular flexibility index (Phi) is 3.92. The van der Waals surface area contributed by atoms with Crippen LogP contribution in [0.3, 0.4) is 0 Å². The van der Waals surface area contributed by atoms with E-state index >= 15 is 0 Å². The number of hydrogen-bond donors (Lipinski definition) is 1. The molecule has 1 aromatic carbocycles. The fourth-order valence-corrected chi connectivity index (χ4v) is 2.65. The largest absolute Gasteiger partial charge is 0.389 e. The molecular formula is C14H16ClN3S. The third-order valence-corrected chi connectivity index (χ3v) is 3.70. The monoisotopic (exact) mass is 293 g/mol. The average molecular weight is 294 g/mol. The minimum atomic E-state index is 0.322. The summed E-state index contributed by atoms with van der Waals surface area (Å²) in [6.07, 6.45) is 0.952. The van der Waals surface area contributed by atoms with Gasteiger partial charge in [0.2, 0.25) is 0 Å². The summed E-state index contributed by atoms with van der Waals surface area (Å²) < 4.78 is 1.89. The number of thiocarbonyl (C=S) groups is 1. The molecule has 2 rings (SSSR count). The number of hydrogen-bond acceptors (Lipinski definition) is 2. The van der Waals surface area contributed by atoms with Crippen molar-refractivity contribution in [2.24, 2.45) is 5.73 Å². The van der Waals surface area contributed by atoms with Crippen molar-refractivity contribution in [1.29, 1.82) is 0 Å². The van der Waals surface area contributed by atoms with Crippen molar-refractivity contribution in [2.75, 3.05) is 0 Å². The van der Waals surface area contributed by atoms with Crippen LogP contribution in [-0.4, -0.2) is 14.8 Å². The van der Waals surface area contributed by atoms with Gasteiger partial charge in [0.05, 0.1) is 11.4 Å². The Bertz CT molecular complexity index is 646. The van der Waals surface area contributed by atoms with Gasteiger partial charge < -0.3 is 5.73 Å². The Hall–Kier alpha value is -1.39. The molecule has 0 saturated carbocycles. The van der Waals surface area contributed by atoms with Gasteiger partial charge in [-0.3, -0.25) is 0 Å². The Balaban J connectivity index is 2.69. The lowest BCUT2D eigenvalue weighted by Gasteiger charge is -2.11. The van der Waals surface area contributed by atoms with E-state index in [9.17, 15) is 0 Å². The van der Waals surface area contributed by atoms with Gasteiger partial charge in [-0.25, -0.2) is 4.68 Å². The number of aryl methyl sites for hydroxylation is 1. The highest BCUT2D eigenvalue weighted by atomic mass is 35.5. The molecule has 0 spiro atoms. The maximum atomic E-state index is 6.01. The molecule has 0 unspecified atom stereocenters. The van der Waals surface area contributed by atoms with Crippen LogP contribution in [0.1, 0.15) is 29.4 Å².